The Morgan fingerprint density at radius 3 is 2.65 bits per heavy atom. The van der Waals surface area contributed by atoms with Crippen molar-refractivity contribution < 1.29 is 4.74 Å². The fourth-order valence-electron chi connectivity index (χ4n) is 2.47. The van der Waals surface area contributed by atoms with Crippen molar-refractivity contribution in [1.29, 1.82) is 0 Å². The molecule has 1 aromatic heterocycles. The molecule has 0 amide bonds. The van der Waals surface area contributed by atoms with Crippen molar-refractivity contribution >= 4 is 0 Å². The Morgan fingerprint density at radius 2 is 2.00 bits per heavy atom. The molecule has 0 bridgehead atoms. The molecule has 0 spiro atoms. The first-order valence-electron chi connectivity index (χ1n) is 6.77. The van der Waals surface area contributed by atoms with Crippen molar-refractivity contribution in [3.8, 4) is 5.88 Å². The fraction of sp³-hybridized carbons (Fsp3) is 0.667. The third kappa shape index (κ3) is 3.21. The molecule has 17 heavy (non-hydrogen) atoms. The minimum absolute atomic E-state index is 0.474. The Hall–Kier alpha value is -1.05. The van der Waals surface area contributed by atoms with Gasteiger partial charge in [-0.05, 0) is 37.7 Å². The number of rotatable bonds is 4. The van der Waals surface area contributed by atoms with E-state index in [2.05, 4.69) is 31.0 Å². The molecule has 1 aliphatic rings. The summed E-state index contributed by atoms with van der Waals surface area (Å²) in [6, 6.07) is 4.22. The molecule has 0 aliphatic heterocycles. The molecule has 1 aliphatic carbocycles. The van der Waals surface area contributed by atoms with E-state index >= 15 is 0 Å². The van der Waals surface area contributed by atoms with E-state index in [0.717, 1.165) is 24.1 Å². The van der Waals surface area contributed by atoms with Gasteiger partial charge in [0.1, 0.15) is 0 Å². The number of nitrogens with zero attached hydrogens (tertiary/aromatic N) is 1. The topological polar surface area (TPSA) is 22.1 Å². The zero-order chi connectivity index (χ0) is 12.3. The second kappa shape index (κ2) is 5.52. The third-order valence-corrected chi connectivity index (χ3v) is 3.58. The highest BCUT2D eigenvalue weighted by Crippen LogP contribution is 2.28. The average Bonchev–Trinajstić information content (AvgIpc) is 2.78. The van der Waals surface area contributed by atoms with Crippen molar-refractivity contribution in [3.05, 3.63) is 23.4 Å². The zero-order valence-corrected chi connectivity index (χ0v) is 11.2. The van der Waals surface area contributed by atoms with Crippen LogP contribution in [0.25, 0.3) is 0 Å². The lowest BCUT2D eigenvalue weighted by Crippen LogP contribution is -2.11. The van der Waals surface area contributed by atoms with Gasteiger partial charge < -0.3 is 4.74 Å². The predicted molar refractivity (Wildman–Crippen MR) is 70.5 cm³/mol. The minimum atomic E-state index is 0.474. The standard InChI is InChI=1S/C15H23NO/c1-11(2)14-9-8-12(3)16-15(14)17-10-13-6-4-5-7-13/h8-9,11,13H,4-7,10H2,1-3H3. The molecule has 2 rings (SSSR count). The van der Waals surface area contributed by atoms with Gasteiger partial charge >= 0.3 is 0 Å². The van der Waals surface area contributed by atoms with Crippen LogP contribution in [-0.2, 0) is 0 Å². The van der Waals surface area contributed by atoms with Crippen molar-refractivity contribution in [2.24, 2.45) is 5.92 Å². The van der Waals surface area contributed by atoms with E-state index < -0.39 is 0 Å². The van der Waals surface area contributed by atoms with Gasteiger partial charge in [0.15, 0.2) is 0 Å². The largest absolute Gasteiger partial charge is 0.477 e. The van der Waals surface area contributed by atoms with Crippen LogP contribution in [0.15, 0.2) is 12.1 Å². The van der Waals surface area contributed by atoms with Crippen LogP contribution in [0.5, 0.6) is 5.88 Å². The maximum Gasteiger partial charge on any atom is 0.217 e. The molecule has 94 valence electrons. The molecule has 2 nitrogen and oxygen atoms in total. The van der Waals surface area contributed by atoms with Crippen molar-refractivity contribution in [2.45, 2.75) is 52.4 Å². The summed E-state index contributed by atoms with van der Waals surface area (Å²) >= 11 is 0. The molecule has 1 heterocycles. The van der Waals surface area contributed by atoms with Crippen molar-refractivity contribution in [2.75, 3.05) is 6.61 Å². The zero-order valence-electron chi connectivity index (χ0n) is 11.2. The average molecular weight is 233 g/mol. The first-order chi connectivity index (χ1) is 8.16. The van der Waals surface area contributed by atoms with Gasteiger partial charge in [0, 0.05) is 11.3 Å². The molecular weight excluding hydrogens is 210 g/mol. The monoisotopic (exact) mass is 233 g/mol. The van der Waals surface area contributed by atoms with E-state index in [0.29, 0.717) is 5.92 Å². The molecule has 0 saturated heterocycles. The first kappa shape index (κ1) is 12.4. The summed E-state index contributed by atoms with van der Waals surface area (Å²) in [5, 5.41) is 0. The summed E-state index contributed by atoms with van der Waals surface area (Å²) in [6.07, 6.45) is 5.38. The van der Waals surface area contributed by atoms with Gasteiger partial charge in [-0.15, -0.1) is 0 Å². The number of ether oxygens (including phenoxy) is 1. The number of hydrogen-bond acceptors (Lipinski definition) is 2. The summed E-state index contributed by atoms with van der Waals surface area (Å²) in [5.74, 6) is 2.07. The second-order valence-corrected chi connectivity index (χ2v) is 5.46. The molecular formula is C15H23NO. The molecule has 2 heteroatoms. The highest BCUT2D eigenvalue weighted by atomic mass is 16.5. The molecule has 0 aromatic carbocycles. The maximum absolute atomic E-state index is 5.95. The molecule has 1 saturated carbocycles. The van der Waals surface area contributed by atoms with Gasteiger partial charge in [0.2, 0.25) is 5.88 Å². The Balaban J connectivity index is 2.04. The number of aromatic nitrogens is 1. The summed E-state index contributed by atoms with van der Waals surface area (Å²) < 4.78 is 5.95. The fourth-order valence-corrected chi connectivity index (χ4v) is 2.47. The molecule has 0 atom stereocenters. The molecule has 0 radical (unpaired) electrons. The van der Waals surface area contributed by atoms with Gasteiger partial charge in [-0.3, -0.25) is 0 Å². The van der Waals surface area contributed by atoms with E-state index in [9.17, 15) is 0 Å². The van der Waals surface area contributed by atoms with E-state index in [4.69, 9.17) is 4.74 Å². The summed E-state index contributed by atoms with van der Waals surface area (Å²) in [7, 11) is 0. The van der Waals surface area contributed by atoms with Gasteiger partial charge in [0.25, 0.3) is 0 Å². The lowest BCUT2D eigenvalue weighted by Gasteiger charge is -2.16. The van der Waals surface area contributed by atoms with Crippen LogP contribution in [0.3, 0.4) is 0 Å². The second-order valence-electron chi connectivity index (χ2n) is 5.46. The highest BCUT2D eigenvalue weighted by molar-refractivity contribution is 5.30. The Morgan fingerprint density at radius 1 is 1.29 bits per heavy atom. The van der Waals surface area contributed by atoms with Crippen LogP contribution >= 0.6 is 0 Å². The van der Waals surface area contributed by atoms with Gasteiger partial charge in [-0.1, -0.05) is 32.8 Å². The SMILES string of the molecule is Cc1ccc(C(C)C)c(OCC2CCCC2)n1. The molecule has 0 N–H and O–H groups in total. The van der Waals surface area contributed by atoms with Gasteiger partial charge in [-0.25, -0.2) is 4.98 Å². The van der Waals surface area contributed by atoms with E-state index in [1.807, 2.05) is 6.92 Å². The molecule has 1 aromatic rings. The number of pyridine rings is 1. The number of hydrogen-bond donors (Lipinski definition) is 0. The first-order valence-corrected chi connectivity index (χ1v) is 6.77. The van der Waals surface area contributed by atoms with Crippen LogP contribution < -0.4 is 4.74 Å². The lowest BCUT2D eigenvalue weighted by atomic mass is 10.0. The normalized spacial score (nSPS) is 16.7. The predicted octanol–water partition coefficient (Wildman–Crippen LogP) is 4.08. The minimum Gasteiger partial charge on any atom is -0.477 e. The van der Waals surface area contributed by atoms with Crippen molar-refractivity contribution in [1.82, 2.24) is 4.98 Å². The van der Waals surface area contributed by atoms with Crippen LogP contribution in [0, 0.1) is 12.8 Å². The summed E-state index contributed by atoms with van der Waals surface area (Å²) in [5.41, 5.74) is 2.27. The quantitative estimate of drug-likeness (QED) is 0.781. The Labute approximate surface area is 104 Å². The van der Waals surface area contributed by atoms with Crippen LogP contribution in [-0.4, -0.2) is 11.6 Å². The number of aryl methyl sites for hydroxylation is 1. The Kier molecular flexibility index (Phi) is 4.03. The van der Waals surface area contributed by atoms with E-state index in [1.165, 1.54) is 31.2 Å². The van der Waals surface area contributed by atoms with Crippen LogP contribution in [0.2, 0.25) is 0 Å². The van der Waals surface area contributed by atoms with Gasteiger partial charge in [0.05, 0.1) is 6.61 Å². The van der Waals surface area contributed by atoms with E-state index in [-0.39, 0.29) is 0 Å². The van der Waals surface area contributed by atoms with E-state index in [1.54, 1.807) is 0 Å². The van der Waals surface area contributed by atoms with Crippen molar-refractivity contribution in [3.63, 3.8) is 0 Å². The smallest absolute Gasteiger partial charge is 0.217 e. The van der Waals surface area contributed by atoms with Gasteiger partial charge in [-0.2, -0.15) is 0 Å². The van der Waals surface area contributed by atoms with Crippen LogP contribution in [0.4, 0.5) is 0 Å². The summed E-state index contributed by atoms with van der Waals surface area (Å²) in [6.45, 7) is 7.24. The highest BCUT2D eigenvalue weighted by Gasteiger charge is 2.17. The third-order valence-electron chi connectivity index (χ3n) is 3.58. The maximum atomic E-state index is 5.95. The molecule has 0 unspecified atom stereocenters. The van der Waals surface area contributed by atoms with Crippen LogP contribution in [0.1, 0.15) is 56.7 Å². The Bertz CT molecular complexity index is 367. The summed E-state index contributed by atoms with van der Waals surface area (Å²) in [4.78, 5) is 4.53. The lowest BCUT2D eigenvalue weighted by molar-refractivity contribution is 0.240. The molecule has 1 fully saturated rings.